The Labute approximate surface area is 128 Å². The van der Waals surface area contributed by atoms with E-state index in [1.807, 2.05) is 25.1 Å². The lowest BCUT2D eigenvalue weighted by Crippen LogP contribution is -2.25. The molecule has 1 aromatic carbocycles. The van der Waals surface area contributed by atoms with Crippen LogP contribution in [0.15, 0.2) is 36.4 Å². The zero-order valence-corrected chi connectivity index (χ0v) is 12.9. The Balaban J connectivity index is 2.07. The minimum absolute atomic E-state index is 0.0152. The lowest BCUT2D eigenvalue weighted by molar-refractivity contribution is 0.0790. The van der Waals surface area contributed by atoms with Gasteiger partial charge in [0.05, 0.1) is 9.75 Å². The highest BCUT2D eigenvalue weighted by Crippen LogP contribution is 2.18. The van der Waals surface area contributed by atoms with Gasteiger partial charge in [-0.25, -0.2) is 0 Å². The Bertz CT molecular complexity index is 694. The average Bonchev–Trinajstić information content (AvgIpc) is 2.93. The first kappa shape index (κ1) is 15.3. The van der Waals surface area contributed by atoms with Gasteiger partial charge < -0.3 is 10.0 Å². The third kappa shape index (κ3) is 4.19. The first-order valence-corrected chi connectivity index (χ1v) is 7.42. The van der Waals surface area contributed by atoms with Gasteiger partial charge in [0, 0.05) is 13.6 Å². The summed E-state index contributed by atoms with van der Waals surface area (Å²) in [7, 11) is 1.80. The number of carbonyl (C=O) groups is 1. The number of benzene rings is 1. The fourth-order valence-electron chi connectivity index (χ4n) is 1.99. The van der Waals surface area contributed by atoms with Crippen LogP contribution < -0.4 is 0 Å². The average molecular weight is 299 g/mol. The van der Waals surface area contributed by atoms with Crippen molar-refractivity contribution in [3.8, 4) is 11.8 Å². The molecule has 0 spiro atoms. The molecule has 0 atom stereocenters. The first-order valence-electron chi connectivity index (χ1n) is 6.60. The molecular formula is C17H17NO2S. The second-order valence-electron chi connectivity index (χ2n) is 4.77. The van der Waals surface area contributed by atoms with Crippen molar-refractivity contribution >= 4 is 17.2 Å². The van der Waals surface area contributed by atoms with Gasteiger partial charge in [-0.05, 0) is 24.6 Å². The first-order chi connectivity index (χ1) is 10.1. The molecular weight excluding hydrogens is 282 g/mol. The Morgan fingerprint density at radius 2 is 2.14 bits per heavy atom. The summed E-state index contributed by atoms with van der Waals surface area (Å²) in [5.41, 5.74) is 2.30. The molecule has 0 saturated heterocycles. The van der Waals surface area contributed by atoms with E-state index in [2.05, 4.69) is 17.9 Å². The second kappa shape index (κ2) is 7.07. The number of amides is 1. The van der Waals surface area contributed by atoms with E-state index in [0.717, 1.165) is 10.4 Å². The Hall–Kier alpha value is -2.09. The van der Waals surface area contributed by atoms with Gasteiger partial charge in [-0.3, -0.25) is 4.79 Å². The summed E-state index contributed by atoms with van der Waals surface area (Å²) >= 11 is 1.35. The highest BCUT2D eigenvalue weighted by Gasteiger charge is 2.14. The number of rotatable bonds is 3. The van der Waals surface area contributed by atoms with Crippen LogP contribution in [0.1, 0.15) is 25.7 Å². The van der Waals surface area contributed by atoms with Crippen molar-refractivity contribution in [3.63, 3.8) is 0 Å². The molecule has 0 aliphatic rings. The monoisotopic (exact) mass is 299 g/mol. The molecule has 0 fully saturated rings. The van der Waals surface area contributed by atoms with Gasteiger partial charge in [-0.15, -0.1) is 11.3 Å². The third-order valence-corrected chi connectivity index (χ3v) is 3.95. The normalized spacial score (nSPS) is 9.86. The summed E-state index contributed by atoms with van der Waals surface area (Å²) in [4.78, 5) is 15.5. The van der Waals surface area contributed by atoms with Crippen LogP contribution in [-0.2, 0) is 6.54 Å². The largest absolute Gasteiger partial charge is 0.384 e. The molecule has 1 N–H and O–H groups in total. The van der Waals surface area contributed by atoms with Crippen LogP contribution in [0, 0.1) is 18.8 Å². The van der Waals surface area contributed by atoms with Crippen molar-refractivity contribution in [2.24, 2.45) is 0 Å². The van der Waals surface area contributed by atoms with E-state index >= 15 is 0 Å². The maximum Gasteiger partial charge on any atom is 0.264 e. The lowest BCUT2D eigenvalue weighted by atomic mass is 10.1. The van der Waals surface area contributed by atoms with E-state index in [9.17, 15) is 4.79 Å². The highest BCUT2D eigenvalue weighted by atomic mass is 32.1. The predicted octanol–water partition coefficient (Wildman–Crippen LogP) is 2.67. The third-order valence-electron chi connectivity index (χ3n) is 2.96. The summed E-state index contributed by atoms with van der Waals surface area (Å²) in [5, 5.41) is 8.67. The van der Waals surface area contributed by atoms with Crippen molar-refractivity contribution in [1.82, 2.24) is 4.90 Å². The van der Waals surface area contributed by atoms with Crippen LogP contribution in [0.2, 0.25) is 0 Å². The minimum atomic E-state index is -0.172. The summed E-state index contributed by atoms with van der Waals surface area (Å²) < 4.78 is 0. The lowest BCUT2D eigenvalue weighted by Gasteiger charge is -2.16. The maximum absolute atomic E-state index is 12.4. The number of thiophene rings is 1. The fourth-order valence-corrected chi connectivity index (χ4v) is 2.87. The van der Waals surface area contributed by atoms with Crippen molar-refractivity contribution < 1.29 is 9.90 Å². The smallest absolute Gasteiger partial charge is 0.264 e. The van der Waals surface area contributed by atoms with Crippen LogP contribution in [-0.4, -0.2) is 29.6 Å². The Morgan fingerprint density at radius 3 is 2.86 bits per heavy atom. The number of aryl methyl sites for hydroxylation is 1. The van der Waals surface area contributed by atoms with E-state index in [1.165, 1.54) is 16.9 Å². The molecule has 108 valence electrons. The van der Waals surface area contributed by atoms with Crippen molar-refractivity contribution in [2.45, 2.75) is 13.5 Å². The van der Waals surface area contributed by atoms with Crippen LogP contribution in [0.4, 0.5) is 0 Å². The molecule has 21 heavy (non-hydrogen) atoms. The summed E-state index contributed by atoms with van der Waals surface area (Å²) in [6, 6.07) is 11.7. The SMILES string of the molecule is Cc1cccc(CN(C)C(=O)c2ccc(C#CCO)s2)c1. The predicted molar refractivity (Wildman–Crippen MR) is 85.3 cm³/mol. The van der Waals surface area contributed by atoms with E-state index in [4.69, 9.17) is 5.11 Å². The van der Waals surface area contributed by atoms with Gasteiger partial charge in [0.15, 0.2) is 0 Å². The van der Waals surface area contributed by atoms with Gasteiger partial charge >= 0.3 is 0 Å². The molecule has 0 aliphatic heterocycles. The summed E-state index contributed by atoms with van der Waals surface area (Å²) in [6.45, 7) is 2.45. The van der Waals surface area contributed by atoms with Gasteiger partial charge in [0.25, 0.3) is 5.91 Å². The van der Waals surface area contributed by atoms with Crippen molar-refractivity contribution in [1.29, 1.82) is 0 Å². The highest BCUT2D eigenvalue weighted by molar-refractivity contribution is 7.14. The molecule has 1 aromatic heterocycles. The van der Waals surface area contributed by atoms with Crippen molar-refractivity contribution in [3.05, 3.63) is 57.3 Å². The summed E-state index contributed by atoms with van der Waals surface area (Å²) in [5.74, 6) is 5.38. The molecule has 2 rings (SSSR count). The maximum atomic E-state index is 12.4. The Kier molecular flexibility index (Phi) is 5.15. The number of carbonyl (C=O) groups excluding carboxylic acids is 1. The quantitative estimate of drug-likeness (QED) is 0.885. The number of nitrogens with zero attached hydrogens (tertiary/aromatic N) is 1. The molecule has 0 aliphatic carbocycles. The van der Waals surface area contributed by atoms with Crippen LogP contribution >= 0.6 is 11.3 Å². The number of hydrogen-bond acceptors (Lipinski definition) is 3. The topological polar surface area (TPSA) is 40.5 Å². The summed E-state index contributed by atoms with van der Waals surface area (Å²) in [6.07, 6.45) is 0. The molecule has 2 aromatic rings. The molecule has 1 heterocycles. The van der Waals surface area contributed by atoms with E-state index < -0.39 is 0 Å². The van der Waals surface area contributed by atoms with E-state index in [-0.39, 0.29) is 12.5 Å². The standard InChI is InChI=1S/C17H17NO2S/c1-13-5-3-6-14(11-13)12-18(2)17(20)16-9-8-15(21-16)7-4-10-19/h3,5-6,8-9,11,19H,10,12H2,1-2H3. The fraction of sp³-hybridized carbons (Fsp3) is 0.235. The zero-order chi connectivity index (χ0) is 15.2. The molecule has 0 saturated carbocycles. The van der Waals surface area contributed by atoms with Gasteiger partial charge in [0.2, 0.25) is 0 Å². The number of aliphatic hydroxyl groups is 1. The van der Waals surface area contributed by atoms with Crippen molar-refractivity contribution in [2.75, 3.05) is 13.7 Å². The molecule has 0 bridgehead atoms. The van der Waals surface area contributed by atoms with E-state index in [0.29, 0.717) is 11.4 Å². The van der Waals surface area contributed by atoms with Crippen LogP contribution in [0.25, 0.3) is 0 Å². The van der Waals surface area contributed by atoms with Gasteiger partial charge in [-0.2, -0.15) is 0 Å². The number of aliphatic hydroxyl groups excluding tert-OH is 1. The second-order valence-corrected chi connectivity index (χ2v) is 5.86. The van der Waals surface area contributed by atoms with Crippen LogP contribution in [0.5, 0.6) is 0 Å². The molecule has 0 radical (unpaired) electrons. The van der Waals surface area contributed by atoms with Crippen LogP contribution in [0.3, 0.4) is 0 Å². The minimum Gasteiger partial charge on any atom is -0.384 e. The molecule has 3 nitrogen and oxygen atoms in total. The van der Waals surface area contributed by atoms with Gasteiger partial charge in [-0.1, -0.05) is 41.7 Å². The van der Waals surface area contributed by atoms with E-state index in [1.54, 1.807) is 24.1 Å². The molecule has 0 unspecified atom stereocenters. The Morgan fingerprint density at radius 1 is 1.33 bits per heavy atom. The number of hydrogen-bond donors (Lipinski definition) is 1. The molecule has 4 heteroatoms. The van der Waals surface area contributed by atoms with Gasteiger partial charge in [0.1, 0.15) is 6.61 Å². The zero-order valence-electron chi connectivity index (χ0n) is 12.1. The molecule has 1 amide bonds.